The Morgan fingerprint density at radius 2 is 1.73 bits per heavy atom. The summed E-state index contributed by atoms with van der Waals surface area (Å²) in [7, 11) is 0. The molecule has 15 unspecified atom stereocenters. The molecule has 3 heterocycles. The number of halogens is 1. The zero-order chi connectivity index (χ0) is 26.8. The fraction of sp³-hybridized carbons (Fsp3) is 0.964. The zero-order valence-corrected chi connectivity index (χ0v) is 23.1. The van der Waals surface area contributed by atoms with Gasteiger partial charge >= 0.3 is 0 Å². The van der Waals surface area contributed by atoms with Gasteiger partial charge in [-0.1, -0.05) is 20.8 Å². The summed E-state index contributed by atoms with van der Waals surface area (Å²) in [6, 6.07) is 0. The van der Waals surface area contributed by atoms with E-state index in [0.717, 1.165) is 0 Å². The molecule has 4 aliphatic carbocycles. The van der Waals surface area contributed by atoms with Gasteiger partial charge in [0.1, 0.15) is 23.1 Å². The molecular formula is C28H41ClO8. The van der Waals surface area contributed by atoms with E-state index in [1.165, 1.54) is 0 Å². The highest BCUT2D eigenvalue weighted by Crippen LogP contribution is 2.75. The van der Waals surface area contributed by atoms with Crippen LogP contribution in [0.2, 0.25) is 0 Å². The summed E-state index contributed by atoms with van der Waals surface area (Å²) in [6.07, 6.45) is -0.0440. The van der Waals surface area contributed by atoms with Gasteiger partial charge in [-0.3, -0.25) is 4.79 Å². The topological polar surface area (TPSA) is 129 Å². The molecule has 0 bridgehead atoms. The van der Waals surface area contributed by atoms with Gasteiger partial charge in [0.25, 0.3) is 0 Å². The Morgan fingerprint density at radius 3 is 2.35 bits per heavy atom. The van der Waals surface area contributed by atoms with Gasteiger partial charge in [-0.2, -0.15) is 0 Å². The Hall–Kier alpha value is -0.320. The Balaban J connectivity index is 1.34. The Kier molecular flexibility index (Phi) is 4.80. The van der Waals surface area contributed by atoms with E-state index >= 15 is 0 Å². The van der Waals surface area contributed by atoms with E-state index in [9.17, 15) is 25.2 Å². The van der Waals surface area contributed by atoms with Crippen molar-refractivity contribution in [1.29, 1.82) is 0 Å². The van der Waals surface area contributed by atoms with Crippen molar-refractivity contribution in [3.05, 3.63) is 0 Å². The number of ether oxygens (including phenoxy) is 3. The van der Waals surface area contributed by atoms with Crippen LogP contribution in [0.3, 0.4) is 0 Å². The number of carbonyl (C=O) groups is 1. The molecule has 7 rings (SSSR count). The fourth-order valence-electron chi connectivity index (χ4n) is 10.8. The van der Waals surface area contributed by atoms with Gasteiger partial charge in [-0.25, -0.2) is 0 Å². The van der Waals surface area contributed by atoms with E-state index in [4.69, 9.17) is 25.8 Å². The number of aliphatic hydroxyl groups is 4. The summed E-state index contributed by atoms with van der Waals surface area (Å²) in [5, 5.41) is 47.0. The lowest BCUT2D eigenvalue weighted by atomic mass is 9.41. The first-order valence-electron chi connectivity index (χ1n) is 14.1. The molecule has 3 saturated heterocycles. The maximum absolute atomic E-state index is 13.6. The molecule has 208 valence electrons. The Morgan fingerprint density at radius 1 is 1.03 bits per heavy atom. The molecule has 0 spiro atoms. The fourth-order valence-corrected chi connectivity index (χ4v) is 11.3. The first kappa shape index (κ1) is 25.6. The van der Waals surface area contributed by atoms with E-state index in [1.54, 1.807) is 6.92 Å². The van der Waals surface area contributed by atoms with Crippen molar-refractivity contribution in [3.8, 4) is 0 Å². The minimum Gasteiger partial charge on any atom is -0.391 e. The van der Waals surface area contributed by atoms with Gasteiger partial charge in [0, 0.05) is 18.8 Å². The minimum absolute atomic E-state index is 0.0422. The van der Waals surface area contributed by atoms with Crippen molar-refractivity contribution < 1.29 is 39.4 Å². The van der Waals surface area contributed by atoms with Gasteiger partial charge < -0.3 is 34.6 Å². The van der Waals surface area contributed by atoms with Gasteiger partial charge in [0.05, 0.1) is 33.5 Å². The van der Waals surface area contributed by atoms with E-state index in [1.807, 2.05) is 27.7 Å². The lowest BCUT2D eigenvalue weighted by molar-refractivity contribution is -0.422. The second kappa shape index (κ2) is 6.93. The molecule has 15 atom stereocenters. The van der Waals surface area contributed by atoms with Crippen molar-refractivity contribution in [2.45, 2.75) is 132 Å². The predicted molar refractivity (Wildman–Crippen MR) is 131 cm³/mol. The highest BCUT2D eigenvalue weighted by atomic mass is 35.5. The smallest absolute Gasteiger partial charge is 0.187 e. The summed E-state index contributed by atoms with van der Waals surface area (Å²) in [5.74, 6) is -2.64. The zero-order valence-electron chi connectivity index (χ0n) is 22.4. The molecule has 0 aromatic heterocycles. The molecule has 4 N–H and O–H groups in total. The number of hydrogen-bond acceptors (Lipinski definition) is 8. The summed E-state index contributed by atoms with van der Waals surface area (Å²) < 4.78 is 18.7. The Bertz CT molecular complexity index is 1070. The quantitative estimate of drug-likeness (QED) is 0.294. The Labute approximate surface area is 223 Å². The maximum atomic E-state index is 13.6. The summed E-state index contributed by atoms with van der Waals surface area (Å²) >= 11 is 7.19. The van der Waals surface area contributed by atoms with Crippen LogP contribution in [-0.2, 0) is 19.0 Å². The third-order valence-electron chi connectivity index (χ3n) is 13.5. The third kappa shape index (κ3) is 2.44. The number of rotatable bonds is 1. The first-order chi connectivity index (χ1) is 17.1. The van der Waals surface area contributed by atoms with Crippen LogP contribution in [0.25, 0.3) is 0 Å². The lowest BCUT2D eigenvalue weighted by Gasteiger charge is -2.70. The largest absolute Gasteiger partial charge is 0.391 e. The summed E-state index contributed by atoms with van der Waals surface area (Å²) in [4.78, 5) is 12.5. The van der Waals surface area contributed by atoms with Crippen LogP contribution in [0.4, 0.5) is 0 Å². The molecule has 0 aromatic rings. The molecule has 7 aliphatic rings. The normalized spacial score (nSPS) is 68.0. The van der Waals surface area contributed by atoms with Gasteiger partial charge in [-0.15, -0.1) is 11.6 Å². The average molecular weight is 541 g/mol. The van der Waals surface area contributed by atoms with E-state index in [2.05, 4.69) is 0 Å². The molecule has 7 fully saturated rings. The molecule has 0 amide bonds. The van der Waals surface area contributed by atoms with Crippen LogP contribution in [-0.4, -0.2) is 78.3 Å². The third-order valence-corrected chi connectivity index (χ3v) is 14.3. The molecule has 3 aliphatic heterocycles. The van der Waals surface area contributed by atoms with Crippen molar-refractivity contribution >= 4 is 17.4 Å². The van der Waals surface area contributed by atoms with Crippen molar-refractivity contribution in [3.63, 3.8) is 0 Å². The van der Waals surface area contributed by atoms with E-state index < -0.39 is 68.8 Å². The molecule has 0 radical (unpaired) electrons. The SMILES string of the molecule is CC1C(C2OC(O)C3(C)OC23C)OC2(O)CC3C(CC(O)C4(Cl)CCCC(=O)C34C)C3CCC1(O)C32C. The van der Waals surface area contributed by atoms with Crippen molar-refractivity contribution in [2.75, 3.05) is 0 Å². The standard InChI is InChI=1S/C28H41ClO8/c1-13-19(20-24(4)25(5,37-24)21(32)35-20)36-28(34)12-16-14(15-8-10-27(13,33)23(15,28)3)11-18(31)26(29)9-6-7-17(30)22(16,26)2/h13-16,18-21,31-34H,6-12H2,1-5H3. The molecule has 0 aromatic carbocycles. The number of Topliss-reactive ketones (excluding diaryl/α,β-unsaturated/α-hetero) is 1. The van der Waals surface area contributed by atoms with Crippen LogP contribution in [0.15, 0.2) is 0 Å². The number of ketones is 1. The second-order valence-corrected chi connectivity index (χ2v) is 14.9. The van der Waals surface area contributed by atoms with Gasteiger partial charge in [0.15, 0.2) is 12.1 Å². The highest BCUT2D eigenvalue weighted by Gasteiger charge is 2.84. The second-order valence-electron chi connectivity index (χ2n) is 14.2. The monoisotopic (exact) mass is 540 g/mol. The first-order valence-corrected chi connectivity index (χ1v) is 14.5. The molecule has 4 saturated carbocycles. The van der Waals surface area contributed by atoms with Gasteiger partial charge in [0.2, 0.25) is 0 Å². The van der Waals surface area contributed by atoms with Crippen LogP contribution in [0.5, 0.6) is 0 Å². The van der Waals surface area contributed by atoms with Crippen LogP contribution >= 0.6 is 11.6 Å². The molecule has 8 nitrogen and oxygen atoms in total. The summed E-state index contributed by atoms with van der Waals surface area (Å²) in [6.45, 7) is 9.44. The van der Waals surface area contributed by atoms with E-state index in [0.29, 0.717) is 38.5 Å². The van der Waals surface area contributed by atoms with Crippen LogP contribution < -0.4 is 0 Å². The molecule has 9 heteroatoms. The summed E-state index contributed by atoms with van der Waals surface area (Å²) in [5.41, 5.74) is -4.95. The predicted octanol–water partition coefficient (Wildman–Crippen LogP) is 2.26. The highest BCUT2D eigenvalue weighted by molar-refractivity contribution is 6.27. The van der Waals surface area contributed by atoms with Gasteiger partial charge in [-0.05, 0) is 63.7 Å². The number of fused-ring (bicyclic) bond motifs is 5. The molecular weight excluding hydrogens is 500 g/mol. The van der Waals surface area contributed by atoms with Crippen LogP contribution in [0.1, 0.15) is 79.6 Å². The number of carbonyl (C=O) groups excluding carboxylic acids is 1. The molecule has 37 heavy (non-hydrogen) atoms. The number of hydrogen-bond donors (Lipinski definition) is 4. The maximum Gasteiger partial charge on any atom is 0.187 e. The number of epoxide rings is 1. The number of alkyl halides is 1. The lowest BCUT2D eigenvalue weighted by Crippen LogP contribution is -2.78. The minimum atomic E-state index is -1.75. The average Bonchev–Trinajstić information content (AvgIpc) is 3.20. The van der Waals surface area contributed by atoms with Crippen molar-refractivity contribution in [1.82, 2.24) is 0 Å². The van der Waals surface area contributed by atoms with Crippen molar-refractivity contribution in [2.24, 2.45) is 34.5 Å². The van der Waals surface area contributed by atoms with Crippen LogP contribution in [0, 0.1) is 34.5 Å². The van der Waals surface area contributed by atoms with E-state index in [-0.39, 0.29) is 30.0 Å². The number of aliphatic hydroxyl groups excluding tert-OH is 2.